The Balaban J connectivity index is 1.39. The van der Waals surface area contributed by atoms with Gasteiger partial charge in [0.05, 0.1) is 0 Å². The zero-order chi connectivity index (χ0) is 20.2. The highest BCUT2D eigenvalue weighted by Crippen LogP contribution is 2.21. The van der Waals surface area contributed by atoms with Gasteiger partial charge in [0.25, 0.3) is 5.91 Å². The van der Waals surface area contributed by atoms with Crippen molar-refractivity contribution in [1.82, 2.24) is 15.2 Å². The third kappa shape index (κ3) is 4.72. The van der Waals surface area contributed by atoms with Crippen LogP contribution < -0.4 is 10.1 Å². The Morgan fingerprint density at radius 2 is 2.00 bits per heavy atom. The number of carbonyl (C=O) groups is 1. The number of amides is 1. The van der Waals surface area contributed by atoms with Crippen LogP contribution in [0.3, 0.4) is 0 Å². The van der Waals surface area contributed by atoms with E-state index in [4.69, 9.17) is 9.15 Å². The van der Waals surface area contributed by atoms with Gasteiger partial charge in [-0.05, 0) is 55.5 Å². The van der Waals surface area contributed by atoms with Gasteiger partial charge in [-0.2, -0.15) is 5.10 Å². The number of aromatic amines is 1. The number of nitrogens with one attached hydrogen (secondary N) is 2. The first-order valence-corrected chi connectivity index (χ1v) is 9.64. The van der Waals surface area contributed by atoms with Gasteiger partial charge in [0.1, 0.15) is 23.9 Å². The minimum atomic E-state index is -0.344. The molecular formula is C21H17BrN4O3. The average Bonchev–Trinajstić information content (AvgIpc) is 3.37. The van der Waals surface area contributed by atoms with Gasteiger partial charge >= 0.3 is 0 Å². The fraction of sp³-hybridized carbons (Fsp3) is 0.0952. The van der Waals surface area contributed by atoms with Gasteiger partial charge in [0, 0.05) is 15.7 Å². The minimum absolute atomic E-state index is 0.207. The lowest BCUT2D eigenvalue weighted by atomic mass is 10.2. The van der Waals surface area contributed by atoms with Crippen LogP contribution in [-0.4, -0.2) is 21.1 Å². The van der Waals surface area contributed by atoms with Crippen molar-refractivity contribution in [2.45, 2.75) is 13.5 Å². The molecule has 0 aliphatic heterocycles. The number of halogens is 1. The van der Waals surface area contributed by atoms with Crippen LogP contribution in [0.4, 0.5) is 5.69 Å². The zero-order valence-corrected chi connectivity index (χ0v) is 17.1. The van der Waals surface area contributed by atoms with E-state index in [1.807, 2.05) is 43.3 Å². The predicted octanol–water partition coefficient (Wildman–Crippen LogP) is 4.97. The monoisotopic (exact) mass is 452 g/mol. The Morgan fingerprint density at radius 1 is 1.17 bits per heavy atom. The Labute approximate surface area is 175 Å². The van der Waals surface area contributed by atoms with Crippen molar-refractivity contribution in [3.05, 3.63) is 82.5 Å². The molecule has 4 aromatic rings. The molecule has 7 nitrogen and oxygen atoms in total. The van der Waals surface area contributed by atoms with Crippen LogP contribution in [0.1, 0.15) is 22.1 Å². The number of nitrogens with zero attached hydrogens (tertiary/aromatic N) is 2. The van der Waals surface area contributed by atoms with Crippen molar-refractivity contribution >= 4 is 27.5 Å². The Kier molecular flexibility index (Phi) is 5.44. The van der Waals surface area contributed by atoms with E-state index in [2.05, 4.69) is 36.4 Å². The third-order valence-corrected chi connectivity index (χ3v) is 4.58. The van der Waals surface area contributed by atoms with E-state index >= 15 is 0 Å². The summed E-state index contributed by atoms with van der Waals surface area (Å²) in [6, 6.07) is 18.1. The lowest BCUT2D eigenvalue weighted by Gasteiger charge is -2.05. The number of aryl methyl sites for hydroxylation is 1. The molecule has 0 radical (unpaired) electrons. The number of furan rings is 1. The first kappa shape index (κ1) is 18.9. The van der Waals surface area contributed by atoms with Gasteiger partial charge in [-0.15, -0.1) is 0 Å². The van der Waals surface area contributed by atoms with Crippen LogP contribution in [0.2, 0.25) is 0 Å². The summed E-state index contributed by atoms with van der Waals surface area (Å²) in [5.74, 6) is 2.44. The molecular weight excluding hydrogens is 436 g/mol. The highest BCUT2D eigenvalue weighted by Gasteiger charge is 2.13. The Bertz CT molecular complexity index is 1130. The minimum Gasteiger partial charge on any atom is -0.486 e. The molecule has 8 heteroatoms. The maximum absolute atomic E-state index is 12.5. The number of carbonyl (C=O) groups excluding carboxylic acids is 1. The van der Waals surface area contributed by atoms with Gasteiger partial charge in [-0.3, -0.25) is 9.89 Å². The summed E-state index contributed by atoms with van der Waals surface area (Å²) in [4.78, 5) is 16.8. The summed E-state index contributed by atoms with van der Waals surface area (Å²) in [5, 5.41) is 9.76. The summed E-state index contributed by atoms with van der Waals surface area (Å²) in [5.41, 5.74) is 1.43. The molecule has 0 atom stereocenters. The molecule has 0 bridgehead atoms. The molecule has 2 aromatic carbocycles. The molecule has 0 fully saturated rings. The van der Waals surface area contributed by atoms with Crippen molar-refractivity contribution in [2.75, 3.05) is 5.32 Å². The number of hydrogen-bond donors (Lipinski definition) is 2. The van der Waals surface area contributed by atoms with Gasteiger partial charge in [0.15, 0.2) is 11.6 Å². The van der Waals surface area contributed by atoms with Gasteiger partial charge in [-0.25, -0.2) is 4.98 Å². The summed E-state index contributed by atoms with van der Waals surface area (Å²) >= 11 is 3.38. The molecule has 0 saturated carbocycles. The van der Waals surface area contributed by atoms with Crippen molar-refractivity contribution in [3.63, 3.8) is 0 Å². The first-order chi connectivity index (χ1) is 14.1. The van der Waals surface area contributed by atoms with Crippen LogP contribution in [-0.2, 0) is 6.61 Å². The highest BCUT2D eigenvalue weighted by atomic mass is 79.9. The molecule has 0 aliphatic rings. The van der Waals surface area contributed by atoms with Crippen molar-refractivity contribution in [2.24, 2.45) is 0 Å². The molecule has 0 spiro atoms. The van der Waals surface area contributed by atoms with E-state index in [0.717, 1.165) is 21.6 Å². The number of aromatic nitrogens is 3. The van der Waals surface area contributed by atoms with Crippen molar-refractivity contribution in [1.29, 1.82) is 0 Å². The second kappa shape index (κ2) is 8.32. The van der Waals surface area contributed by atoms with E-state index < -0.39 is 0 Å². The molecule has 29 heavy (non-hydrogen) atoms. The molecule has 2 aromatic heterocycles. The number of benzene rings is 2. The van der Waals surface area contributed by atoms with Crippen LogP contribution >= 0.6 is 15.9 Å². The zero-order valence-electron chi connectivity index (χ0n) is 15.5. The van der Waals surface area contributed by atoms with E-state index in [9.17, 15) is 4.79 Å². The van der Waals surface area contributed by atoms with E-state index in [0.29, 0.717) is 17.3 Å². The van der Waals surface area contributed by atoms with E-state index in [1.165, 1.54) is 0 Å². The molecule has 4 rings (SSSR count). The second-order valence-electron chi connectivity index (χ2n) is 6.29. The SMILES string of the molecule is Cc1nc(-c2cccc(NC(=O)c3ccc(COc4ccc(Br)cc4)o3)c2)n[nH]1. The molecule has 2 N–H and O–H groups in total. The maximum atomic E-state index is 12.5. The molecule has 2 heterocycles. The standard InChI is InChI=1S/C21H17BrN4O3/c1-13-23-20(26-25-13)14-3-2-4-16(11-14)24-21(27)19-10-9-18(29-19)12-28-17-7-5-15(22)6-8-17/h2-11H,12H2,1H3,(H,24,27)(H,23,25,26). The first-order valence-electron chi connectivity index (χ1n) is 8.85. The molecule has 0 aliphatic carbocycles. The molecule has 146 valence electrons. The summed E-state index contributed by atoms with van der Waals surface area (Å²) in [7, 11) is 0. The number of hydrogen-bond acceptors (Lipinski definition) is 5. The fourth-order valence-electron chi connectivity index (χ4n) is 2.66. The quantitative estimate of drug-likeness (QED) is 0.430. The average molecular weight is 453 g/mol. The Morgan fingerprint density at radius 3 is 2.76 bits per heavy atom. The van der Waals surface area contributed by atoms with E-state index in [1.54, 1.807) is 24.3 Å². The smallest absolute Gasteiger partial charge is 0.291 e. The summed E-state index contributed by atoms with van der Waals surface area (Å²) < 4.78 is 12.2. The van der Waals surface area contributed by atoms with Gasteiger partial charge in [0.2, 0.25) is 0 Å². The van der Waals surface area contributed by atoms with Crippen molar-refractivity contribution in [3.8, 4) is 17.1 Å². The number of rotatable bonds is 6. The molecule has 0 unspecified atom stereocenters. The van der Waals surface area contributed by atoms with Crippen LogP contribution in [0.15, 0.2) is 69.6 Å². The lowest BCUT2D eigenvalue weighted by molar-refractivity contribution is 0.0992. The normalized spacial score (nSPS) is 10.7. The molecule has 0 saturated heterocycles. The lowest BCUT2D eigenvalue weighted by Crippen LogP contribution is -2.10. The summed E-state index contributed by atoms with van der Waals surface area (Å²) in [6.45, 7) is 2.06. The predicted molar refractivity (Wildman–Crippen MR) is 112 cm³/mol. The van der Waals surface area contributed by atoms with Crippen LogP contribution in [0, 0.1) is 6.92 Å². The topological polar surface area (TPSA) is 93.0 Å². The van der Waals surface area contributed by atoms with Crippen molar-refractivity contribution < 1.29 is 13.9 Å². The summed E-state index contributed by atoms with van der Waals surface area (Å²) in [6.07, 6.45) is 0. The fourth-order valence-corrected chi connectivity index (χ4v) is 2.93. The number of H-pyrrole nitrogens is 1. The van der Waals surface area contributed by atoms with E-state index in [-0.39, 0.29) is 18.3 Å². The second-order valence-corrected chi connectivity index (χ2v) is 7.20. The Hall–Kier alpha value is -3.39. The largest absolute Gasteiger partial charge is 0.486 e. The molecule has 1 amide bonds. The number of ether oxygens (including phenoxy) is 1. The maximum Gasteiger partial charge on any atom is 0.291 e. The van der Waals surface area contributed by atoms with Crippen LogP contribution in [0.25, 0.3) is 11.4 Å². The van der Waals surface area contributed by atoms with Crippen LogP contribution in [0.5, 0.6) is 5.75 Å². The highest BCUT2D eigenvalue weighted by molar-refractivity contribution is 9.10. The third-order valence-electron chi connectivity index (χ3n) is 4.06. The van der Waals surface area contributed by atoms with Gasteiger partial charge in [-0.1, -0.05) is 28.1 Å². The number of anilines is 1. The van der Waals surface area contributed by atoms with Gasteiger partial charge < -0.3 is 14.5 Å².